The van der Waals surface area contributed by atoms with Crippen LogP contribution in [-0.2, 0) is 39.4 Å². The third kappa shape index (κ3) is 9.03. The van der Waals surface area contributed by atoms with Crippen molar-refractivity contribution >= 4 is 50.9 Å². The number of nitrogens with one attached hydrogen (secondary N) is 1. The summed E-state index contributed by atoms with van der Waals surface area (Å²) < 4.78 is 26.2. The van der Waals surface area contributed by atoms with Crippen LogP contribution in [0.15, 0.2) is 40.4 Å². The van der Waals surface area contributed by atoms with E-state index >= 15 is 0 Å². The van der Waals surface area contributed by atoms with Crippen LogP contribution in [-0.4, -0.2) is 98.8 Å². The summed E-state index contributed by atoms with van der Waals surface area (Å²) in [5.74, 6) is -6.51. The molecule has 0 bridgehead atoms. The second-order valence-electron chi connectivity index (χ2n) is 13.3. The molecule has 0 radical (unpaired) electrons. The molecular weight excluding hydrogens is 672 g/mol. The standard InChI is InChI=1S/C32H42N8O9S/c1-18(27(42)28(34)43)36-30(45)24-14-21(40-25(15-35-38-40)32(2,3)47)16-39(24)31(46)23(13-19-7-5-4-6-8-19)37-29(44)20-9-11-22(12-10-20)50(48,49)17-26(33)41/h9-12,15,18-19,21,24,47H,4-8,13-14,16-17H2,1-3H3,(H2,33,41)(H2,34,43)(H,36,45)/b37-23+/t18?,21-,24-/m0/s1. The van der Waals surface area contributed by atoms with Crippen LogP contribution in [0, 0.1) is 5.92 Å². The molecule has 270 valence electrons. The summed E-state index contributed by atoms with van der Waals surface area (Å²) in [6, 6.07) is 1.54. The average Bonchev–Trinajstić information content (AvgIpc) is 3.72. The van der Waals surface area contributed by atoms with Gasteiger partial charge in [0, 0.05) is 18.5 Å². The van der Waals surface area contributed by atoms with Crippen LogP contribution < -0.4 is 16.8 Å². The molecule has 2 fully saturated rings. The topological polar surface area (TPSA) is 267 Å². The number of amides is 5. The van der Waals surface area contributed by atoms with Crippen LogP contribution >= 0.6 is 0 Å². The summed E-state index contributed by atoms with van der Waals surface area (Å²) in [7, 11) is -4.03. The predicted octanol–water partition coefficient (Wildman–Crippen LogP) is -0.283. The molecular formula is C32H42N8O9S. The molecule has 1 aliphatic heterocycles. The van der Waals surface area contributed by atoms with E-state index in [2.05, 4.69) is 20.6 Å². The van der Waals surface area contributed by atoms with Crippen molar-refractivity contribution < 1.29 is 42.3 Å². The molecule has 2 aromatic rings. The molecule has 1 aromatic carbocycles. The number of aliphatic imine (C=N–C) groups is 1. The SMILES string of the molecule is CC(NC(=O)[C@@H]1C[C@H](n2nncc2C(C)(C)O)CN1C(=O)/C(CC1CCCCC1)=N/C(=O)c1ccc(S(=O)(=O)CC(N)=O)cc1)C(=O)C(N)=O. The monoisotopic (exact) mass is 714 g/mol. The number of rotatable bonds is 13. The maximum absolute atomic E-state index is 14.4. The van der Waals surface area contributed by atoms with E-state index in [1.54, 1.807) is 0 Å². The Morgan fingerprint density at radius 1 is 1.06 bits per heavy atom. The van der Waals surface area contributed by atoms with E-state index in [9.17, 15) is 42.3 Å². The molecule has 18 heteroatoms. The highest BCUT2D eigenvalue weighted by Gasteiger charge is 2.44. The van der Waals surface area contributed by atoms with Crippen molar-refractivity contribution in [2.45, 2.75) is 94.3 Å². The molecule has 2 aliphatic rings. The van der Waals surface area contributed by atoms with Crippen molar-refractivity contribution in [3.63, 3.8) is 0 Å². The van der Waals surface area contributed by atoms with Gasteiger partial charge in [0.25, 0.3) is 17.7 Å². The number of benzene rings is 1. The van der Waals surface area contributed by atoms with Gasteiger partial charge in [-0.05, 0) is 57.4 Å². The molecule has 5 amide bonds. The van der Waals surface area contributed by atoms with Crippen LogP contribution in [0.2, 0.25) is 0 Å². The zero-order valence-electron chi connectivity index (χ0n) is 28.1. The second-order valence-corrected chi connectivity index (χ2v) is 15.3. The Kier molecular flexibility index (Phi) is 11.7. The number of sulfone groups is 1. The Labute approximate surface area is 288 Å². The fraction of sp³-hybridized carbons (Fsp3) is 0.531. The highest BCUT2D eigenvalue weighted by atomic mass is 32.2. The van der Waals surface area contributed by atoms with Gasteiger partial charge < -0.3 is 26.8 Å². The summed E-state index contributed by atoms with van der Waals surface area (Å²) >= 11 is 0. The Balaban J connectivity index is 1.71. The normalized spacial score (nSPS) is 19.5. The molecule has 17 nitrogen and oxygen atoms in total. The Hall–Kier alpha value is -4.84. The van der Waals surface area contributed by atoms with Crippen molar-refractivity contribution in [1.82, 2.24) is 25.2 Å². The number of carbonyl (C=O) groups excluding carboxylic acids is 6. The fourth-order valence-electron chi connectivity index (χ4n) is 6.28. The number of likely N-dealkylation sites (tertiary alicyclic amines) is 1. The van der Waals surface area contributed by atoms with Crippen LogP contribution in [0.5, 0.6) is 0 Å². The lowest BCUT2D eigenvalue weighted by atomic mass is 9.85. The highest BCUT2D eigenvalue weighted by molar-refractivity contribution is 7.92. The van der Waals surface area contributed by atoms with Crippen LogP contribution in [0.25, 0.3) is 0 Å². The van der Waals surface area contributed by atoms with E-state index in [-0.39, 0.29) is 41.5 Å². The number of hydrogen-bond acceptors (Lipinski definition) is 11. The molecule has 1 saturated heterocycles. The van der Waals surface area contributed by atoms with Gasteiger partial charge in [-0.2, -0.15) is 0 Å². The lowest BCUT2D eigenvalue weighted by Crippen LogP contribution is -2.52. The Morgan fingerprint density at radius 3 is 2.28 bits per heavy atom. The third-order valence-electron chi connectivity index (χ3n) is 8.87. The molecule has 2 heterocycles. The molecule has 1 aromatic heterocycles. The van der Waals surface area contributed by atoms with Gasteiger partial charge in [0.05, 0.1) is 28.9 Å². The average molecular weight is 715 g/mol. The molecule has 3 atom stereocenters. The van der Waals surface area contributed by atoms with E-state index < -0.39 is 74.6 Å². The minimum Gasteiger partial charge on any atom is -0.384 e. The Morgan fingerprint density at radius 2 is 1.70 bits per heavy atom. The number of nitrogens with zero attached hydrogens (tertiary/aromatic N) is 5. The summed E-state index contributed by atoms with van der Waals surface area (Å²) in [5, 5.41) is 21.2. The first-order valence-electron chi connectivity index (χ1n) is 16.2. The van der Waals surface area contributed by atoms with Gasteiger partial charge in [-0.25, -0.2) is 18.1 Å². The van der Waals surface area contributed by atoms with E-state index in [1.165, 1.54) is 48.7 Å². The van der Waals surface area contributed by atoms with Crippen molar-refractivity contribution in [2.75, 3.05) is 12.3 Å². The van der Waals surface area contributed by atoms with E-state index in [1.807, 2.05) is 0 Å². The number of primary amides is 2. The largest absolute Gasteiger partial charge is 0.384 e. The van der Waals surface area contributed by atoms with Crippen molar-refractivity contribution in [2.24, 2.45) is 22.4 Å². The van der Waals surface area contributed by atoms with Gasteiger partial charge in [0.15, 0.2) is 9.84 Å². The highest BCUT2D eigenvalue weighted by Crippen LogP contribution is 2.33. The van der Waals surface area contributed by atoms with Crippen LogP contribution in [0.3, 0.4) is 0 Å². The lowest BCUT2D eigenvalue weighted by molar-refractivity contribution is -0.139. The number of Topliss-reactive ketones (excluding diaryl/α,β-unsaturated/α-hetero) is 1. The minimum absolute atomic E-state index is 0.0204. The number of hydrogen-bond donors (Lipinski definition) is 4. The summed E-state index contributed by atoms with van der Waals surface area (Å²) in [6.07, 6.45) is 5.94. The van der Waals surface area contributed by atoms with Crippen LogP contribution in [0.4, 0.5) is 0 Å². The zero-order chi connectivity index (χ0) is 37.0. The smallest absolute Gasteiger partial charge is 0.287 e. The first kappa shape index (κ1) is 38.0. The molecule has 0 spiro atoms. The lowest BCUT2D eigenvalue weighted by Gasteiger charge is -2.27. The maximum Gasteiger partial charge on any atom is 0.287 e. The molecule has 1 saturated carbocycles. The van der Waals surface area contributed by atoms with Gasteiger partial charge in [-0.15, -0.1) is 5.10 Å². The number of aliphatic hydroxyl groups is 1. The number of nitrogens with two attached hydrogens (primary N) is 2. The predicted molar refractivity (Wildman–Crippen MR) is 177 cm³/mol. The number of carbonyl (C=O) groups is 6. The van der Waals surface area contributed by atoms with Gasteiger partial charge >= 0.3 is 0 Å². The zero-order valence-corrected chi connectivity index (χ0v) is 28.9. The maximum atomic E-state index is 14.4. The first-order chi connectivity index (χ1) is 23.4. The number of aromatic nitrogens is 3. The molecule has 50 heavy (non-hydrogen) atoms. The fourth-order valence-corrected chi connectivity index (χ4v) is 7.37. The van der Waals surface area contributed by atoms with E-state index in [4.69, 9.17) is 11.5 Å². The molecule has 1 aliphatic carbocycles. The quantitative estimate of drug-likeness (QED) is 0.155. The molecule has 6 N–H and O–H groups in total. The summed E-state index contributed by atoms with van der Waals surface area (Å²) in [5.41, 5.74) is 8.95. The molecule has 1 unspecified atom stereocenters. The molecule has 4 rings (SSSR count). The van der Waals surface area contributed by atoms with Crippen LogP contribution in [0.1, 0.15) is 87.8 Å². The number of ketones is 1. The van der Waals surface area contributed by atoms with Gasteiger partial charge in [0.1, 0.15) is 23.1 Å². The van der Waals surface area contributed by atoms with Crippen molar-refractivity contribution in [1.29, 1.82) is 0 Å². The van der Waals surface area contributed by atoms with Gasteiger partial charge in [0.2, 0.25) is 17.6 Å². The van der Waals surface area contributed by atoms with Gasteiger partial charge in [-0.3, -0.25) is 28.8 Å². The van der Waals surface area contributed by atoms with E-state index in [0.717, 1.165) is 44.2 Å². The van der Waals surface area contributed by atoms with Crippen molar-refractivity contribution in [3.05, 3.63) is 41.7 Å². The first-order valence-corrected chi connectivity index (χ1v) is 17.8. The van der Waals surface area contributed by atoms with Gasteiger partial charge in [-0.1, -0.05) is 37.3 Å². The van der Waals surface area contributed by atoms with Crippen molar-refractivity contribution in [3.8, 4) is 0 Å². The van der Waals surface area contributed by atoms with E-state index in [0.29, 0.717) is 5.69 Å². The minimum atomic E-state index is -4.03. The third-order valence-corrected chi connectivity index (χ3v) is 10.5. The second kappa shape index (κ2) is 15.4. The summed E-state index contributed by atoms with van der Waals surface area (Å²) in [4.78, 5) is 81.6. The summed E-state index contributed by atoms with van der Waals surface area (Å²) in [6.45, 7) is 4.24. The Bertz CT molecular complexity index is 1790.